The smallest absolute Gasteiger partial charge is 0.227 e. The van der Waals surface area contributed by atoms with Gasteiger partial charge in [-0.3, -0.25) is 9.59 Å². The van der Waals surface area contributed by atoms with Crippen LogP contribution in [0.3, 0.4) is 0 Å². The second kappa shape index (κ2) is 4.67. The Kier molecular flexibility index (Phi) is 3.24. The number of rotatable bonds is 3. The number of nitrogens with zero attached hydrogens (tertiary/aromatic N) is 1. The van der Waals surface area contributed by atoms with Crippen LogP contribution in [0.1, 0.15) is 23.7 Å². The molecule has 1 heterocycles. The molecule has 4 heteroatoms. The molecular weight excluding hydrogens is 218 g/mol. The summed E-state index contributed by atoms with van der Waals surface area (Å²) in [5.74, 6) is -0.00885. The van der Waals surface area contributed by atoms with Crippen molar-refractivity contribution in [1.29, 1.82) is 0 Å². The molecule has 1 amide bonds. The summed E-state index contributed by atoms with van der Waals surface area (Å²) in [6.07, 6.45) is 0.376. The summed E-state index contributed by atoms with van der Waals surface area (Å²) < 4.78 is 0. The molecule has 4 nitrogen and oxygen atoms in total. The fourth-order valence-electron chi connectivity index (χ4n) is 2.05. The zero-order chi connectivity index (χ0) is 12.4. The second-order valence-electron chi connectivity index (χ2n) is 4.36. The van der Waals surface area contributed by atoms with Gasteiger partial charge in [0.25, 0.3) is 0 Å². The van der Waals surface area contributed by atoms with Crippen LogP contribution in [0.25, 0.3) is 0 Å². The highest BCUT2D eigenvalue weighted by Gasteiger charge is 2.30. The van der Waals surface area contributed by atoms with E-state index in [-0.39, 0.29) is 24.2 Å². The maximum absolute atomic E-state index is 11.8. The highest BCUT2D eigenvalue weighted by molar-refractivity contribution is 5.99. The van der Waals surface area contributed by atoms with Crippen molar-refractivity contribution in [2.24, 2.45) is 5.92 Å². The van der Waals surface area contributed by atoms with Gasteiger partial charge < -0.3 is 10.0 Å². The fourth-order valence-corrected chi connectivity index (χ4v) is 2.05. The molecule has 1 N–H and O–H groups in total. The molecule has 0 aromatic heterocycles. The molecule has 1 unspecified atom stereocenters. The van der Waals surface area contributed by atoms with Gasteiger partial charge in [0.15, 0.2) is 5.78 Å². The summed E-state index contributed by atoms with van der Waals surface area (Å²) in [5, 5.41) is 9.06. The average Bonchev–Trinajstić information content (AvgIpc) is 2.71. The summed E-state index contributed by atoms with van der Waals surface area (Å²) in [5.41, 5.74) is 1.33. The molecule has 90 valence electrons. The van der Waals surface area contributed by atoms with Crippen molar-refractivity contribution in [2.75, 3.05) is 18.1 Å². The number of anilines is 1. The lowest BCUT2D eigenvalue weighted by Gasteiger charge is -2.16. The molecule has 0 aliphatic carbocycles. The van der Waals surface area contributed by atoms with Gasteiger partial charge in [0.1, 0.15) is 0 Å². The van der Waals surface area contributed by atoms with Gasteiger partial charge in [-0.15, -0.1) is 0 Å². The van der Waals surface area contributed by atoms with E-state index >= 15 is 0 Å². The number of ketones is 1. The Morgan fingerprint density at radius 2 is 2.29 bits per heavy atom. The van der Waals surface area contributed by atoms with Gasteiger partial charge in [0.2, 0.25) is 5.91 Å². The third-order valence-corrected chi connectivity index (χ3v) is 3.03. The molecule has 1 fully saturated rings. The number of hydrogen-bond acceptors (Lipinski definition) is 3. The summed E-state index contributed by atoms with van der Waals surface area (Å²) in [7, 11) is 0. The molecule has 0 radical (unpaired) electrons. The molecule has 1 aliphatic rings. The van der Waals surface area contributed by atoms with Crippen molar-refractivity contribution in [1.82, 2.24) is 0 Å². The average molecular weight is 233 g/mol. The van der Waals surface area contributed by atoms with E-state index in [2.05, 4.69) is 0 Å². The highest BCUT2D eigenvalue weighted by Crippen LogP contribution is 2.25. The van der Waals surface area contributed by atoms with Crippen LogP contribution in [0.4, 0.5) is 5.69 Å². The Morgan fingerprint density at radius 1 is 1.53 bits per heavy atom. The molecule has 0 bridgehead atoms. The molecule has 17 heavy (non-hydrogen) atoms. The number of Topliss-reactive ketones (excluding diaryl/α,β-unsaturated/α-hetero) is 1. The molecule has 0 spiro atoms. The van der Waals surface area contributed by atoms with Crippen LogP contribution in [-0.2, 0) is 4.79 Å². The van der Waals surface area contributed by atoms with E-state index < -0.39 is 0 Å². The lowest BCUT2D eigenvalue weighted by Crippen LogP contribution is -2.25. The minimum atomic E-state index is -0.0165. The van der Waals surface area contributed by atoms with E-state index in [9.17, 15) is 9.59 Å². The SMILES string of the molecule is CC(=O)c1cccc(N2CC(CO)CC2=O)c1. The van der Waals surface area contributed by atoms with E-state index in [0.717, 1.165) is 5.69 Å². The third-order valence-electron chi connectivity index (χ3n) is 3.03. The molecule has 1 aromatic rings. The lowest BCUT2D eigenvalue weighted by molar-refractivity contribution is -0.117. The normalized spacial score (nSPS) is 19.8. The summed E-state index contributed by atoms with van der Waals surface area (Å²) in [4.78, 5) is 24.7. The molecule has 2 rings (SSSR count). The second-order valence-corrected chi connectivity index (χ2v) is 4.36. The van der Waals surface area contributed by atoms with E-state index in [1.807, 2.05) is 6.07 Å². The third kappa shape index (κ3) is 2.36. The maximum Gasteiger partial charge on any atom is 0.227 e. The van der Waals surface area contributed by atoms with Crippen LogP contribution in [-0.4, -0.2) is 29.9 Å². The van der Waals surface area contributed by atoms with Gasteiger partial charge in [0.05, 0.1) is 0 Å². The number of carbonyl (C=O) groups excluding carboxylic acids is 2. The van der Waals surface area contributed by atoms with Crippen molar-refractivity contribution in [2.45, 2.75) is 13.3 Å². The first-order chi connectivity index (χ1) is 8.11. The lowest BCUT2D eigenvalue weighted by atomic mass is 10.1. The van der Waals surface area contributed by atoms with Gasteiger partial charge in [-0.1, -0.05) is 12.1 Å². The Morgan fingerprint density at radius 3 is 2.88 bits per heavy atom. The predicted molar refractivity (Wildman–Crippen MR) is 64.0 cm³/mol. The monoisotopic (exact) mass is 233 g/mol. The Hall–Kier alpha value is -1.68. The molecule has 1 aromatic carbocycles. The van der Waals surface area contributed by atoms with Gasteiger partial charge >= 0.3 is 0 Å². The minimum absolute atomic E-state index is 0.00323. The van der Waals surface area contributed by atoms with Gasteiger partial charge in [-0.2, -0.15) is 0 Å². The fraction of sp³-hybridized carbons (Fsp3) is 0.385. The molecule has 1 saturated heterocycles. The zero-order valence-corrected chi connectivity index (χ0v) is 9.72. The molecule has 1 aliphatic heterocycles. The Bertz CT molecular complexity index is 456. The number of amides is 1. The number of benzene rings is 1. The number of hydrogen-bond donors (Lipinski definition) is 1. The Labute approximate surface area is 99.9 Å². The number of aliphatic hydroxyl groups is 1. The summed E-state index contributed by atoms with van der Waals surface area (Å²) in [6.45, 7) is 2.05. The number of carbonyl (C=O) groups is 2. The van der Waals surface area contributed by atoms with Crippen LogP contribution in [0.5, 0.6) is 0 Å². The molecular formula is C13H15NO3. The van der Waals surface area contributed by atoms with Crippen LogP contribution < -0.4 is 4.90 Å². The van der Waals surface area contributed by atoms with E-state index in [4.69, 9.17) is 5.11 Å². The van der Waals surface area contributed by atoms with Crippen LogP contribution in [0.2, 0.25) is 0 Å². The van der Waals surface area contributed by atoms with Crippen LogP contribution in [0, 0.1) is 5.92 Å². The van der Waals surface area contributed by atoms with Crippen molar-refractivity contribution in [3.8, 4) is 0 Å². The first kappa shape index (κ1) is 11.8. The van der Waals surface area contributed by atoms with Crippen molar-refractivity contribution in [3.05, 3.63) is 29.8 Å². The van der Waals surface area contributed by atoms with Crippen molar-refractivity contribution >= 4 is 17.4 Å². The summed E-state index contributed by atoms with van der Waals surface area (Å²) >= 11 is 0. The topological polar surface area (TPSA) is 57.6 Å². The van der Waals surface area contributed by atoms with E-state index in [0.29, 0.717) is 18.5 Å². The largest absolute Gasteiger partial charge is 0.396 e. The zero-order valence-electron chi connectivity index (χ0n) is 9.72. The van der Waals surface area contributed by atoms with Crippen LogP contribution in [0.15, 0.2) is 24.3 Å². The number of aliphatic hydroxyl groups excluding tert-OH is 1. The minimum Gasteiger partial charge on any atom is -0.396 e. The molecule has 0 saturated carbocycles. The van der Waals surface area contributed by atoms with Crippen molar-refractivity contribution < 1.29 is 14.7 Å². The van der Waals surface area contributed by atoms with Gasteiger partial charge in [-0.05, 0) is 19.1 Å². The first-order valence-corrected chi connectivity index (χ1v) is 5.64. The quantitative estimate of drug-likeness (QED) is 0.799. The van der Waals surface area contributed by atoms with Crippen LogP contribution >= 0.6 is 0 Å². The molecule has 1 atom stereocenters. The first-order valence-electron chi connectivity index (χ1n) is 5.64. The van der Waals surface area contributed by atoms with E-state index in [1.165, 1.54) is 6.92 Å². The van der Waals surface area contributed by atoms with Gasteiger partial charge in [0, 0.05) is 36.7 Å². The predicted octanol–water partition coefficient (Wildman–Crippen LogP) is 1.23. The van der Waals surface area contributed by atoms with E-state index in [1.54, 1.807) is 23.1 Å². The summed E-state index contributed by atoms with van der Waals surface area (Å²) in [6, 6.07) is 7.03. The highest BCUT2D eigenvalue weighted by atomic mass is 16.3. The standard InChI is InChI=1S/C13H15NO3/c1-9(16)11-3-2-4-12(6-11)14-7-10(8-15)5-13(14)17/h2-4,6,10,15H,5,7-8H2,1H3. The van der Waals surface area contributed by atoms with Crippen molar-refractivity contribution in [3.63, 3.8) is 0 Å². The Balaban J connectivity index is 2.25. The van der Waals surface area contributed by atoms with Gasteiger partial charge in [-0.25, -0.2) is 0 Å². The maximum atomic E-state index is 11.8.